The molecule has 3 rings (SSSR count). The fraction of sp³-hybridized carbons (Fsp3) is 0.474. The smallest absolute Gasteiger partial charge is 0.290 e. The number of sulfonamides is 1. The van der Waals surface area contributed by atoms with E-state index in [4.69, 9.17) is 14.6 Å². The van der Waals surface area contributed by atoms with Crippen molar-refractivity contribution in [2.45, 2.75) is 19.9 Å². The summed E-state index contributed by atoms with van der Waals surface area (Å²) in [5.74, 6) is 0.840. The van der Waals surface area contributed by atoms with Crippen molar-refractivity contribution in [3.05, 3.63) is 41.7 Å². The van der Waals surface area contributed by atoms with Gasteiger partial charge in [-0.3, -0.25) is 4.79 Å². The third kappa shape index (κ3) is 4.98. The number of carbonyl (C=O) groups is 1. The van der Waals surface area contributed by atoms with Gasteiger partial charge in [-0.05, 0) is 31.0 Å². The van der Waals surface area contributed by atoms with E-state index in [0.717, 1.165) is 11.4 Å². The Bertz CT molecular complexity index is 908. The van der Waals surface area contributed by atoms with E-state index in [0.29, 0.717) is 13.2 Å². The summed E-state index contributed by atoms with van der Waals surface area (Å²) in [6.07, 6.45) is 3.68. The molecule has 9 heteroatoms. The average Bonchev–Trinajstić information content (AvgIpc) is 3.26. The van der Waals surface area contributed by atoms with Crippen molar-refractivity contribution < 1.29 is 23.1 Å². The van der Waals surface area contributed by atoms with Crippen molar-refractivity contribution in [2.24, 2.45) is 5.92 Å². The van der Waals surface area contributed by atoms with Gasteiger partial charge in [-0.15, -0.1) is 0 Å². The van der Waals surface area contributed by atoms with Crippen molar-refractivity contribution in [3.63, 3.8) is 0 Å². The summed E-state index contributed by atoms with van der Waals surface area (Å²) in [6, 6.07) is 6.23. The number of hydrogen-bond acceptors (Lipinski definition) is 5. The minimum absolute atomic E-state index is 0.0335. The molecule has 0 saturated carbocycles. The Kier molecular flexibility index (Phi) is 7.34. The molecule has 154 valence electrons. The van der Waals surface area contributed by atoms with E-state index in [1.807, 2.05) is 6.20 Å². The van der Waals surface area contributed by atoms with Crippen molar-refractivity contribution in [1.82, 2.24) is 13.9 Å². The van der Waals surface area contributed by atoms with E-state index in [1.165, 1.54) is 15.4 Å². The Labute approximate surface area is 165 Å². The van der Waals surface area contributed by atoms with Crippen LogP contribution in [-0.4, -0.2) is 66.9 Å². The van der Waals surface area contributed by atoms with Crippen molar-refractivity contribution in [1.29, 1.82) is 0 Å². The predicted molar refractivity (Wildman–Crippen MR) is 107 cm³/mol. The summed E-state index contributed by atoms with van der Waals surface area (Å²) < 4.78 is 33.5. The normalized spacial score (nSPS) is 19.3. The van der Waals surface area contributed by atoms with Crippen LogP contribution in [-0.2, 0) is 19.6 Å². The summed E-state index contributed by atoms with van der Waals surface area (Å²) in [7, 11) is -0.141. The van der Waals surface area contributed by atoms with E-state index < -0.39 is 10.0 Å². The summed E-state index contributed by atoms with van der Waals surface area (Å²) in [4.78, 5) is 12.9. The Morgan fingerprint density at radius 2 is 1.96 bits per heavy atom. The molecule has 1 fully saturated rings. The second kappa shape index (κ2) is 9.31. The van der Waals surface area contributed by atoms with Crippen LogP contribution in [0.1, 0.15) is 17.2 Å². The first-order valence-electron chi connectivity index (χ1n) is 8.87. The van der Waals surface area contributed by atoms with Crippen LogP contribution < -0.4 is 0 Å². The second-order valence-corrected chi connectivity index (χ2v) is 9.22. The average molecular weight is 410 g/mol. The molecular weight excluding hydrogens is 382 g/mol. The molecule has 2 atom stereocenters. The highest BCUT2D eigenvalue weighted by Gasteiger charge is 2.35. The van der Waals surface area contributed by atoms with Gasteiger partial charge in [0.15, 0.2) is 0 Å². The molecule has 1 aliphatic rings. The van der Waals surface area contributed by atoms with Crippen LogP contribution in [0, 0.1) is 19.8 Å². The number of aromatic nitrogens is 2. The Hall–Kier alpha value is -2.23. The van der Waals surface area contributed by atoms with Gasteiger partial charge < -0.3 is 14.4 Å². The van der Waals surface area contributed by atoms with E-state index >= 15 is 0 Å². The maximum atomic E-state index is 12.3. The lowest BCUT2D eigenvalue weighted by Gasteiger charge is -2.22. The van der Waals surface area contributed by atoms with Gasteiger partial charge >= 0.3 is 0 Å². The minimum atomic E-state index is -3.28. The maximum Gasteiger partial charge on any atom is 0.290 e. The molecule has 0 amide bonds. The molecule has 0 spiro atoms. The lowest BCUT2D eigenvalue weighted by atomic mass is 10.0. The van der Waals surface area contributed by atoms with Gasteiger partial charge in [0.2, 0.25) is 10.0 Å². The van der Waals surface area contributed by atoms with Crippen LogP contribution in [0.5, 0.6) is 0 Å². The van der Waals surface area contributed by atoms with Crippen molar-refractivity contribution in [3.8, 4) is 11.4 Å². The number of ether oxygens (including phenoxy) is 1. The summed E-state index contributed by atoms with van der Waals surface area (Å²) in [5.41, 5.74) is 3.48. The number of aryl methyl sites for hydroxylation is 2. The Balaban J connectivity index is 0.000000878. The SMILES string of the molecule is Cc1ccc(-c2nccn2[C@@H]2COC[C@@H]2CS(=O)(=O)N(C)C)cc1C.O=CO. The summed E-state index contributed by atoms with van der Waals surface area (Å²) in [6.45, 7) is 4.86. The molecular formula is C19H27N3O5S. The van der Waals surface area contributed by atoms with Gasteiger partial charge in [0.1, 0.15) is 5.82 Å². The van der Waals surface area contributed by atoms with Crippen LogP contribution in [0.25, 0.3) is 11.4 Å². The fourth-order valence-corrected chi connectivity index (χ4v) is 4.32. The summed E-state index contributed by atoms with van der Waals surface area (Å²) in [5, 5.41) is 6.89. The molecule has 0 aliphatic carbocycles. The molecule has 2 aromatic rings. The predicted octanol–water partition coefficient (Wildman–Crippen LogP) is 1.95. The molecule has 1 N–H and O–H groups in total. The van der Waals surface area contributed by atoms with E-state index in [9.17, 15) is 8.42 Å². The van der Waals surface area contributed by atoms with Gasteiger partial charge in [-0.25, -0.2) is 17.7 Å². The monoisotopic (exact) mass is 409 g/mol. The van der Waals surface area contributed by atoms with E-state index in [-0.39, 0.29) is 24.2 Å². The van der Waals surface area contributed by atoms with Gasteiger partial charge in [-0.2, -0.15) is 0 Å². The van der Waals surface area contributed by atoms with Crippen molar-refractivity contribution in [2.75, 3.05) is 33.1 Å². The number of hydrogen-bond donors (Lipinski definition) is 1. The third-order valence-corrected chi connectivity index (χ3v) is 6.90. The van der Waals surface area contributed by atoms with Crippen LogP contribution >= 0.6 is 0 Å². The molecule has 2 heterocycles. The van der Waals surface area contributed by atoms with Gasteiger partial charge in [0, 0.05) is 38.0 Å². The highest BCUT2D eigenvalue weighted by Crippen LogP contribution is 2.32. The molecule has 0 unspecified atom stereocenters. The lowest BCUT2D eigenvalue weighted by molar-refractivity contribution is -0.122. The van der Waals surface area contributed by atoms with Crippen LogP contribution in [0.4, 0.5) is 0 Å². The quantitative estimate of drug-likeness (QED) is 0.758. The highest BCUT2D eigenvalue weighted by molar-refractivity contribution is 7.89. The Morgan fingerprint density at radius 1 is 1.29 bits per heavy atom. The molecule has 1 aromatic carbocycles. The largest absolute Gasteiger partial charge is 0.483 e. The van der Waals surface area contributed by atoms with E-state index in [2.05, 4.69) is 41.6 Å². The zero-order valence-corrected chi connectivity index (χ0v) is 17.4. The minimum Gasteiger partial charge on any atom is -0.483 e. The Morgan fingerprint density at radius 3 is 2.57 bits per heavy atom. The molecule has 0 radical (unpaired) electrons. The van der Waals surface area contributed by atoms with Gasteiger partial charge in [0.25, 0.3) is 6.47 Å². The molecule has 0 bridgehead atoms. The van der Waals surface area contributed by atoms with E-state index in [1.54, 1.807) is 20.3 Å². The fourth-order valence-electron chi connectivity index (χ4n) is 3.16. The standard InChI is InChI=1S/C18H25N3O3S.CH2O2/c1-13-5-6-15(9-14(13)2)18-19-7-8-21(18)17-11-24-10-16(17)12-25(22,23)20(3)4;2-1-3/h5-9,16-17H,10-12H2,1-4H3;1H,(H,2,3)/t16-,17-;/m1./s1. The number of benzene rings is 1. The number of nitrogens with zero attached hydrogens (tertiary/aromatic N) is 3. The van der Waals surface area contributed by atoms with Crippen LogP contribution in [0.2, 0.25) is 0 Å². The third-order valence-electron chi connectivity index (χ3n) is 4.94. The molecule has 1 aromatic heterocycles. The molecule has 28 heavy (non-hydrogen) atoms. The topological polar surface area (TPSA) is 102 Å². The zero-order valence-electron chi connectivity index (χ0n) is 16.6. The maximum absolute atomic E-state index is 12.3. The number of imidazole rings is 1. The first kappa shape index (κ1) is 22.1. The highest BCUT2D eigenvalue weighted by atomic mass is 32.2. The molecule has 8 nitrogen and oxygen atoms in total. The molecule has 1 aliphatic heterocycles. The molecule has 1 saturated heterocycles. The van der Waals surface area contributed by atoms with Crippen molar-refractivity contribution >= 4 is 16.5 Å². The lowest BCUT2D eigenvalue weighted by Crippen LogP contribution is -2.32. The first-order valence-corrected chi connectivity index (χ1v) is 10.5. The number of carboxylic acid groups (broad SMARTS) is 1. The van der Waals surface area contributed by atoms with Gasteiger partial charge in [-0.1, -0.05) is 12.1 Å². The van der Waals surface area contributed by atoms with Crippen LogP contribution in [0.3, 0.4) is 0 Å². The zero-order chi connectivity index (χ0) is 20.9. The van der Waals surface area contributed by atoms with Gasteiger partial charge in [0.05, 0.1) is 25.0 Å². The van der Waals surface area contributed by atoms with Crippen LogP contribution in [0.15, 0.2) is 30.6 Å². The number of rotatable bonds is 5. The summed E-state index contributed by atoms with van der Waals surface area (Å²) >= 11 is 0. The first-order chi connectivity index (χ1) is 13.2. The second-order valence-electron chi connectivity index (χ2n) is 6.99.